The first kappa shape index (κ1) is 20.7. The Kier molecular flexibility index (Phi) is 5.49. The summed E-state index contributed by atoms with van der Waals surface area (Å²) < 4.78 is 0. The fraction of sp³-hybridized carbons (Fsp3) is 0.103. The van der Waals surface area contributed by atoms with Crippen molar-refractivity contribution in [2.45, 2.75) is 18.1 Å². The van der Waals surface area contributed by atoms with Crippen molar-refractivity contribution < 1.29 is 4.79 Å². The number of amidine groups is 1. The fourth-order valence-electron chi connectivity index (χ4n) is 4.71. The first-order valence-electron chi connectivity index (χ1n) is 11.1. The van der Waals surface area contributed by atoms with E-state index in [1.165, 1.54) is 0 Å². The van der Waals surface area contributed by atoms with Gasteiger partial charge in [-0.3, -0.25) is 4.79 Å². The van der Waals surface area contributed by atoms with E-state index in [4.69, 9.17) is 10.7 Å². The molecule has 5 rings (SSSR count). The van der Waals surface area contributed by atoms with Crippen molar-refractivity contribution in [1.29, 1.82) is 0 Å². The molecule has 1 amide bonds. The molecule has 0 bridgehead atoms. The summed E-state index contributed by atoms with van der Waals surface area (Å²) in [5.74, 6) is 0.294. The molecule has 4 aromatic carbocycles. The van der Waals surface area contributed by atoms with Gasteiger partial charge in [-0.15, -0.1) is 0 Å². The number of amides is 1. The van der Waals surface area contributed by atoms with Gasteiger partial charge in [0.2, 0.25) is 0 Å². The van der Waals surface area contributed by atoms with Crippen LogP contribution in [0.5, 0.6) is 0 Å². The molecule has 0 aliphatic carbocycles. The van der Waals surface area contributed by atoms with Gasteiger partial charge < -0.3 is 10.6 Å². The number of benzene rings is 4. The summed E-state index contributed by atoms with van der Waals surface area (Å²) in [4.78, 5) is 20.8. The molecule has 4 nitrogen and oxygen atoms in total. The van der Waals surface area contributed by atoms with Crippen LogP contribution in [0.15, 0.2) is 126 Å². The van der Waals surface area contributed by atoms with E-state index in [9.17, 15) is 4.79 Å². The lowest BCUT2D eigenvalue weighted by atomic mass is 9.79. The molecule has 0 fully saturated rings. The second kappa shape index (κ2) is 8.75. The molecule has 0 radical (unpaired) electrons. The Bertz CT molecular complexity index is 1260. The second-order valence-corrected chi connectivity index (χ2v) is 8.22. The summed E-state index contributed by atoms with van der Waals surface area (Å²) in [7, 11) is 0. The Morgan fingerprint density at radius 3 is 1.85 bits per heavy atom. The van der Waals surface area contributed by atoms with Crippen LogP contribution >= 0.6 is 0 Å². The number of nitrogens with zero attached hydrogens (tertiary/aromatic N) is 2. The van der Waals surface area contributed by atoms with Gasteiger partial charge in [0.15, 0.2) is 5.54 Å². The molecule has 2 atom stereocenters. The van der Waals surface area contributed by atoms with Crippen molar-refractivity contribution in [3.05, 3.63) is 144 Å². The molecule has 0 saturated carbocycles. The summed E-state index contributed by atoms with van der Waals surface area (Å²) in [5, 5.41) is 0. The van der Waals surface area contributed by atoms with Crippen molar-refractivity contribution in [3.8, 4) is 0 Å². The Hall–Kier alpha value is -4.18. The van der Waals surface area contributed by atoms with E-state index in [2.05, 4.69) is 17.0 Å². The number of primary amides is 1. The third-order valence-corrected chi connectivity index (χ3v) is 6.19. The summed E-state index contributed by atoms with van der Waals surface area (Å²) in [6.45, 7) is 0.593. The third kappa shape index (κ3) is 3.70. The van der Waals surface area contributed by atoms with Crippen LogP contribution in [0, 0.1) is 0 Å². The number of rotatable bonds is 6. The molecular formula is C29H25N3O. The zero-order chi connectivity index (χ0) is 22.7. The normalized spacial score (nSPS) is 19.8. The Labute approximate surface area is 194 Å². The van der Waals surface area contributed by atoms with Gasteiger partial charge in [-0.25, -0.2) is 4.99 Å². The lowest BCUT2D eigenvalue weighted by Gasteiger charge is -2.36. The van der Waals surface area contributed by atoms with Gasteiger partial charge in [-0.2, -0.15) is 0 Å². The van der Waals surface area contributed by atoms with Crippen LogP contribution in [0.2, 0.25) is 0 Å². The molecular weight excluding hydrogens is 406 g/mol. The van der Waals surface area contributed by atoms with E-state index >= 15 is 0 Å². The molecule has 1 heterocycles. The summed E-state index contributed by atoms with van der Waals surface area (Å²) in [5.41, 5.74) is 8.82. The van der Waals surface area contributed by atoms with Crippen molar-refractivity contribution in [2.75, 3.05) is 0 Å². The standard InChI is InChI=1S/C29H25N3O/c30-28(33)29(25-19-11-4-12-20-25)26(23-15-7-2-8-16-23)32(21-22-13-5-1-6-14-22)27(31-29)24-17-9-3-10-18-24/h1-20,26H,21H2,(H2,30,33)/t26-,29-/m0/s1. The number of aliphatic imine (C=N–C) groups is 1. The molecule has 0 unspecified atom stereocenters. The minimum Gasteiger partial charge on any atom is -0.367 e. The van der Waals surface area contributed by atoms with Gasteiger partial charge in [-0.1, -0.05) is 121 Å². The first-order chi connectivity index (χ1) is 16.2. The Morgan fingerprint density at radius 2 is 1.27 bits per heavy atom. The minimum absolute atomic E-state index is 0.394. The van der Waals surface area contributed by atoms with E-state index in [-0.39, 0.29) is 0 Å². The molecule has 0 saturated heterocycles. The summed E-state index contributed by atoms with van der Waals surface area (Å²) >= 11 is 0. The Balaban J connectivity index is 1.78. The zero-order valence-electron chi connectivity index (χ0n) is 18.2. The zero-order valence-corrected chi connectivity index (χ0v) is 18.2. The van der Waals surface area contributed by atoms with Crippen LogP contribution in [-0.4, -0.2) is 16.6 Å². The van der Waals surface area contributed by atoms with Gasteiger partial charge in [-0.05, 0) is 16.7 Å². The highest BCUT2D eigenvalue weighted by Crippen LogP contribution is 2.48. The first-order valence-corrected chi connectivity index (χ1v) is 11.1. The predicted octanol–water partition coefficient (Wildman–Crippen LogP) is 5.07. The monoisotopic (exact) mass is 431 g/mol. The van der Waals surface area contributed by atoms with Crippen LogP contribution in [0.25, 0.3) is 0 Å². The van der Waals surface area contributed by atoms with Crippen molar-refractivity contribution in [1.82, 2.24) is 4.90 Å². The molecule has 4 heteroatoms. The Morgan fingerprint density at radius 1 is 0.758 bits per heavy atom. The minimum atomic E-state index is -1.26. The number of hydrogen-bond donors (Lipinski definition) is 1. The largest absolute Gasteiger partial charge is 0.367 e. The molecule has 1 aliphatic heterocycles. The molecule has 0 aromatic heterocycles. The maximum atomic E-state index is 13.4. The predicted molar refractivity (Wildman–Crippen MR) is 131 cm³/mol. The maximum Gasteiger partial charge on any atom is 0.252 e. The topological polar surface area (TPSA) is 58.7 Å². The molecule has 2 N–H and O–H groups in total. The van der Waals surface area contributed by atoms with E-state index in [1.807, 2.05) is 109 Å². The van der Waals surface area contributed by atoms with E-state index in [0.29, 0.717) is 6.54 Å². The fourth-order valence-corrected chi connectivity index (χ4v) is 4.71. The number of carbonyl (C=O) groups excluding carboxylic acids is 1. The average molecular weight is 432 g/mol. The molecule has 1 aliphatic rings. The smallest absolute Gasteiger partial charge is 0.252 e. The SMILES string of the molecule is NC(=O)[C@@]1(c2ccccc2)N=C(c2ccccc2)N(Cc2ccccc2)[C@H]1c1ccccc1. The van der Waals surface area contributed by atoms with Crippen LogP contribution in [0.3, 0.4) is 0 Å². The lowest BCUT2D eigenvalue weighted by Crippen LogP contribution is -2.46. The van der Waals surface area contributed by atoms with Crippen LogP contribution in [0.1, 0.15) is 28.3 Å². The van der Waals surface area contributed by atoms with Gasteiger partial charge in [0.25, 0.3) is 5.91 Å². The van der Waals surface area contributed by atoms with Crippen LogP contribution in [0.4, 0.5) is 0 Å². The van der Waals surface area contributed by atoms with Crippen molar-refractivity contribution in [2.24, 2.45) is 10.7 Å². The van der Waals surface area contributed by atoms with E-state index < -0.39 is 17.5 Å². The lowest BCUT2D eigenvalue weighted by molar-refractivity contribution is -0.124. The van der Waals surface area contributed by atoms with Gasteiger partial charge >= 0.3 is 0 Å². The van der Waals surface area contributed by atoms with E-state index in [1.54, 1.807) is 0 Å². The molecule has 162 valence electrons. The highest BCUT2D eigenvalue weighted by atomic mass is 16.1. The third-order valence-electron chi connectivity index (χ3n) is 6.19. The van der Waals surface area contributed by atoms with Crippen LogP contribution < -0.4 is 5.73 Å². The maximum absolute atomic E-state index is 13.4. The highest BCUT2D eigenvalue weighted by molar-refractivity contribution is 6.05. The average Bonchev–Trinajstić information content (AvgIpc) is 3.22. The summed E-state index contributed by atoms with van der Waals surface area (Å²) in [6, 6.07) is 39.6. The van der Waals surface area contributed by atoms with Crippen LogP contribution in [-0.2, 0) is 16.9 Å². The van der Waals surface area contributed by atoms with Gasteiger partial charge in [0, 0.05) is 12.1 Å². The van der Waals surface area contributed by atoms with Crippen molar-refractivity contribution >= 4 is 11.7 Å². The number of carbonyl (C=O) groups is 1. The molecule has 4 aromatic rings. The number of hydrogen-bond acceptors (Lipinski definition) is 3. The quantitative estimate of drug-likeness (QED) is 0.463. The van der Waals surface area contributed by atoms with E-state index in [0.717, 1.165) is 28.1 Å². The molecule has 0 spiro atoms. The van der Waals surface area contributed by atoms with Crippen molar-refractivity contribution in [3.63, 3.8) is 0 Å². The summed E-state index contributed by atoms with van der Waals surface area (Å²) in [6.07, 6.45) is 0. The second-order valence-electron chi connectivity index (χ2n) is 8.22. The van der Waals surface area contributed by atoms with Gasteiger partial charge in [0.1, 0.15) is 5.84 Å². The highest BCUT2D eigenvalue weighted by Gasteiger charge is 2.55. The number of nitrogens with two attached hydrogens (primary N) is 1. The van der Waals surface area contributed by atoms with Gasteiger partial charge in [0.05, 0.1) is 6.04 Å². The molecule has 33 heavy (non-hydrogen) atoms.